The van der Waals surface area contributed by atoms with Crippen molar-refractivity contribution in [1.29, 1.82) is 0 Å². The lowest BCUT2D eigenvalue weighted by atomic mass is 10.1. The van der Waals surface area contributed by atoms with Crippen LogP contribution in [-0.2, 0) is 4.79 Å². The predicted molar refractivity (Wildman–Crippen MR) is 114 cm³/mol. The average molecular weight is 386 g/mol. The van der Waals surface area contributed by atoms with Gasteiger partial charge in [0.15, 0.2) is 0 Å². The zero-order valence-corrected chi connectivity index (χ0v) is 16.2. The van der Waals surface area contributed by atoms with Crippen molar-refractivity contribution in [2.24, 2.45) is 0 Å². The number of carbonyl (C=O) groups is 2. The minimum absolute atomic E-state index is 0.150. The molecule has 0 aliphatic carbocycles. The second-order valence-corrected chi connectivity index (χ2v) is 7.02. The first-order valence-corrected chi connectivity index (χ1v) is 9.66. The summed E-state index contributed by atoms with van der Waals surface area (Å²) in [6.45, 7) is 2.69. The number of benzene rings is 3. The molecular formula is C24H22N2O3. The van der Waals surface area contributed by atoms with Crippen molar-refractivity contribution in [1.82, 2.24) is 0 Å². The maximum Gasteiger partial charge on any atom is 0.259 e. The number of rotatable bonds is 5. The number of carbonyl (C=O) groups excluding carboxylic acids is 2. The minimum atomic E-state index is -0.249. The van der Waals surface area contributed by atoms with Crippen molar-refractivity contribution in [2.45, 2.75) is 19.8 Å². The fourth-order valence-electron chi connectivity index (χ4n) is 3.50. The fourth-order valence-corrected chi connectivity index (χ4v) is 3.50. The monoisotopic (exact) mass is 386 g/mol. The smallest absolute Gasteiger partial charge is 0.259 e. The van der Waals surface area contributed by atoms with E-state index in [4.69, 9.17) is 4.74 Å². The summed E-state index contributed by atoms with van der Waals surface area (Å²) in [6.07, 6.45) is 1.48. The molecule has 4 rings (SSSR count). The van der Waals surface area contributed by atoms with Crippen LogP contribution in [0.5, 0.6) is 11.5 Å². The van der Waals surface area contributed by atoms with E-state index < -0.39 is 0 Å². The lowest BCUT2D eigenvalue weighted by molar-refractivity contribution is -0.117. The first-order valence-electron chi connectivity index (χ1n) is 9.66. The third kappa shape index (κ3) is 4.14. The molecule has 3 aromatic rings. The molecule has 1 saturated heterocycles. The molecule has 0 spiro atoms. The largest absolute Gasteiger partial charge is 0.457 e. The lowest BCUT2D eigenvalue weighted by Gasteiger charge is -2.19. The number of ether oxygens (including phenoxy) is 1. The van der Waals surface area contributed by atoms with Crippen LogP contribution >= 0.6 is 0 Å². The summed E-state index contributed by atoms with van der Waals surface area (Å²) in [6, 6.07) is 22.1. The van der Waals surface area contributed by atoms with Gasteiger partial charge in [0.1, 0.15) is 11.5 Å². The van der Waals surface area contributed by atoms with Crippen molar-refractivity contribution in [3.05, 3.63) is 83.9 Å². The van der Waals surface area contributed by atoms with E-state index in [0.29, 0.717) is 29.2 Å². The van der Waals surface area contributed by atoms with Gasteiger partial charge in [-0.1, -0.05) is 30.3 Å². The van der Waals surface area contributed by atoms with Crippen molar-refractivity contribution in [3.8, 4) is 11.5 Å². The van der Waals surface area contributed by atoms with Crippen molar-refractivity contribution >= 4 is 23.2 Å². The number of hydrogen-bond acceptors (Lipinski definition) is 3. The van der Waals surface area contributed by atoms with Crippen LogP contribution in [0.4, 0.5) is 11.4 Å². The molecule has 2 amide bonds. The molecular weight excluding hydrogens is 364 g/mol. The van der Waals surface area contributed by atoms with Gasteiger partial charge in [-0.15, -0.1) is 0 Å². The molecule has 0 bridgehead atoms. The van der Waals surface area contributed by atoms with Crippen LogP contribution in [0.25, 0.3) is 0 Å². The van der Waals surface area contributed by atoms with Gasteiger partial charge in [0.2, 0.25) is 5.91 Å². The van der Waals surface area contributed by atoms with E-state index in [0.717, 1.165) is 24.2 Å². The summed E-state index contributed by atoms with van der Waals surface area (Å²) in [5.74, 6) is 1.06. The van der Waals surface area contributed by atoms with Crippen LogP contribution in [0, 0.1) is 6.92 Å². The summed E-state index contributed by atoms with van der Waals surface area (Å²) >= 11 is 0. The Labute approximate surface area is 169 Å². The van der Waals surface area contributed by atoms with E-state index >= 15 is 0 Å². The quantitative estimate of drug-likeness (QED) is 0.658. The third-order valence-electron chi connectivity index (χ3n) is 4.92. The number of nitrogens with one attached hydrogen (secondary N) is 1. The molecule has 29 heavy (non-hydrogen) atoms. The summed E-state index contributed by atoms with van der Waals surface area (Å²) in [4.78, 5) is 26.7. The molecule has 3 aromatic carbocycles. The predicted octanol–water partition coefficient (Wildman–Crippen LogP) is 5.17. The number of hydrogen-bond donors (Lipinski definition) is 1. The topological polar surface area (TPSA) is 58.6 Å². The molecule has 1 N–H and O–H groups in total. The average Bonchev–Trinajstić information content (AvgIpc) is 3.15. The molecule has 0 aromatic heterocycles. The normalized spacial score (nSPS) is 13.4. The molecule has 0 atom stereocenters. The maximum absolute atomic E-state index is 12.9. The Bertz CT molecular complexity index is 1050. The Morgan fingerprint density at radius 1 is 1.00 bits per heavy atom. The van der Waals surface area contributed by atoms with Gasteiger partial charge in [-0.2, -0.15) is 0 Å². The molecule has 0 saturated carbocycles. The van der Waals surface area contributed by atoms with Gasteiger partial charge in [-0.05, 0) is 61.4 Å². The van der Waals surface area contributed by atoms with Crippen LogP contribution in [-0.4, -0.2) is 18.4 Å². The fraction of sp³-hybridized carbons (Fsp3) is 0.167. The van der Waals surface area contributed by atoms with Gasteiger partial charge >= 0.3 is 0 Å². The number of nitrogens with zero attached hydrogens (tertiary/aromatic N) is 1. The van der Waals surface area contributed by atoms with Crippen LogP contribution in [0.1, 0.15) is 28.8 Å². The SMILES string of the molecule is Cc1cc(NC(=O)c2ccccc2Oc2ccccc2)ccc1N1CCCC1=O. The maximum atomic E-state index is 12.9. The minimum Gasteiger partial charge on any atom is -0.457 e. The van der Waals surface area contributed by atoms with Crippen LogP contribution in [0.3, 0.4) is 0 Å². The number of aryl methyl sites for hydroxylation is 1. The van der Waals surface area contributed by atoms with E-state index in [1.54, 1.807) is 18.2 Å². The second kappa shape index (κ2) is 8.19. The van der Waals surface area contributed by atoms with E-state index in [2.05, 4.69) is 5.32 Å². The highest BCUT2D eigenvalue weighted by Gasteiger charge is 2.23. The Balaban J connectivity index is 1.53. The van der Waals surface area contributed by atoms with Crippen molar-refractivity contribution in [3.63, 3.8) is 0 Å². The molecule has 5 nitrogen and oxygen atoms in total. The molecule has 146 valence electrons. The van der Waals surface area contributed by atoms with Crippen LogP contribution in [0.2, 0.25) is 0 Å². The third-order valence-corrected chi connectivity index (χ3v) is 4.92. The molecule has 1 fully saturated rings. The second-order valence-electron chi connectivity index (χ2n) is 7.02. The van der Waals surface area contributed by atoms with Crippen LogP contribution < -0.4 is 15.0 Å². The number of amides is 2. The van der Waals surface area contributed by atoms with Gasteiger partial charge in [-0.25, -0.2) is 0 Å². The molecule has 5 heteroatoms. The van der Waals surface area contributed by atoms with Crippen molar-refractivity contribution < 1.29 is 14.3 Å². The first kappa shape index (κ1) is 18.7. The summed E-state index contributed by atoms with van der Waals surface area (Å²) in [7, 11) is 0. The van der Waals surface area contributed by atoms with Gasteiger partial charge in [-0.3, -0.25) is 9.59 Å². The Kier molecular flexibility index (Phi) is 5.29. The first-order chi connectivity index (χ1) is 14.1. The lowest BCUT2D eigenvalue weighted by Crippen LogP contribution is -2.24. The molecule has 0 radical (unpaired) electrons. The van der Waals surface area contributed by atoms with E-state index in [9.17, 15) is 9.59 Å². The number of anilines is 2. The van der Waals surface area contributed by atoms with Gasteiger partial charge in [0.25, 0.3) is 5.91 Å². The van der Waals surface area contributed by atoms with Gasteiger partial charge in [0.05, 0.1) is 5.56 Å². The molecule has 1 aliphatic heterocycles. The van der Waals surface area contributed by atoms with E-state index in [1.807, 2.05) is 66.4 Å². The van der Waals surface area contributed by atoms with Gasteiger partial charge in [0, 0.05) is 24.3 Å². The van der Waals surface area contributed by atoms with E-state index in [-0.39, 0.29) is 11.8 Å². The summed E-state index contributed by atoms with van der Waals surface area (Å²) < 4.78 is 5.89. The highest BCUT2D eigenvalue weighted by molar-refractivity contribution is 6.06. The van der Waals surface area contributed by atoms with Gasteiger partial charge < -0.3 is 15.0 Å². The van der Waals surface area contributed by atoms with Crippen LogP contribution in [0.15, 0.2) is 72.8 Å². The summed E-state index contributed by atoms with van der Waals surface area (Å²) in [5, 5.41) is 2.93. The summed E-state index contributed by atoms with van der Waals surface area (Å²) in [5.41, 5.74) is 2.98. The Hall–Kier alpha value is -3.60. The standard InChI is InChI=1S/C24H22N2O3/c1-17-16-18(13-14-21(17)26-15-7-12-23(26)27)25-24(28)20-10-5-6-11-22(20)29-19-8-3-2-4-9-19/h2-6,8-11,13-14,16H,7,12,15H2,1H3,(H,25,28). The molecule has 0 unspecified atom stereocenters. The Morgan fingerprint density at radius 3 is 2.48 bits per heavy atom. The van der Waals surface area contributed by atoms with E-state index in [1.165, 1.54) is 0 Å². The zero-order valence-electron chi connectivity index (χ0n) is 16.2. The zero-order chi connectivity index (χ0) is 20.2. The highest BCUT2D eigenvalue weighted by Crippen LogP contribution is 2.29. The number of para-hydroxylation sites is 2. The molecule has 1 aliphatic rings. The molecule has 1 heterocycles. The Morgan fingerprint density at radius 2 is 1.76 bits per heavy atom. The highest BCUT2D eigenvalue weighted by atomic mass is 16.5. The van der Waals surface area contributed by atoms with Crippen molar-refractivity contribution in [2.75, 3.05) is 16.8 Å².